The quantitative estimate of drug-likeness (QED) is 0.865. The van der Waals surface area contributed by atoms with Crippen LogP contribution < -0.4 is 5.32 Å². The molecule has 1 aliphatic heterocycles. The Kier molecular flexibility index (Phi) is 6.37. The van der Waals surface area contributed by atoms with Crippen molar-refractivity contribution >= 4 is 11.8 Å². The van der Waals surface area contributed by atoms with E-state index in [1.807, 2.05) is 39.0 Å². The van der Waals surface area contributed by atoms with Gasteiger partial charge in [0.05, 0.1) is 5.92 Å². The van der Waals surface area contributed by atoms with Gasteiger partial charge in [-0.15, -0.1) is 0 Å². The van der Waals surface area contributed by atoms with E-state index in [1.165, 1.54) is 0 Å². The Hall–Kier alpha value is -1.88. The van der Waals surface area contributed by atoms with Gasteiger partial charge in [-0.25, -0.2) is 0 Å². The number of nitrogens with zero attached hydrogens (tertiary/aromatic N) is 1. The first-order valence-electron chi connectivity index (χ1n) is 8.67. The molecule has 2 N–H and O–H groups in total. The Morgan fingerprint density at radius 3 is 2.58 bits per heavy atom. The lowest BCUT2D eigenvalue weighted by molar-refractivity contribution is -0.126. The van der Waals surface area contributed by atoms with Gasteiger partial charge in [0.1, 0.15) is 0 Å². The predicted octanol–water partition coefficient (Wildman–Crippen LogP) is 1.90. The zero-order valence-corrected chi connectivity index (χ0v) is 14.8. The highest BCUT2D eigenvalue weighted by atomic mass is 16.3. The van der Waals surface area contributed by atoms with Crippen LogP contribution in [-0.4, -0.2) is 48.1 Å². The third-order valence-electron chi connectivity index (χ3n) is 4.48. The molecule has 5 nitrogen and oxygen atoms in total. The standard InChI is InChI=1S/C19H28N2O3/c1-13-7-14(2)9-17(8-13)19(24)21-6-4-5-16(11-21)18(23)20-10-15(3)12-22/h7-9,15-16,22H,4-6,10-12H2,1-3H3,(H,20,23). The average molecular weight is 332 g/mol. The van der Waals surface area contributed by atoms with Gasteiger partial charge in [-0.05, 0) is 44.7 Å². The molecule has 2 rings (SSSR count). The molecule has 2 atom stereocenters. The summed E-state index contributed by atoms with van der Waals surface area (Å²) in [6, 6.07) is 5.86. The molecule has 0 radical (unpaired) electrons. The van der Waals surface area contributed by atoms with E-state index in [9.17, 15) is 9.59 Å². The molecule has 1 aliphatic rings. The third kappa shape index (κ3) is 4.81. The van der Waals surface area contributed by atoms with Crippen molar-refractivity contribution in [3.05, 3.63) is 34.9 Å². The number of carbonyl (C=O) groups excluding carboxylic acids is 2. The van der Waals surface area contributed by atoms with Gasteiger partial charge in [0.25, 0.3) is 5.91 Å². The fourth-order valence-corrected chi connectivity index (χ4v) is 3.14. The largest absolute Gasteiger partial charge is 0.396 e. The fraction of sp³-hybridized carbons (Fsp3) is 0.579. The number of aliphatic hydroxyl groups is 1. The van der Waals surface area contributed by atoms with Crippen molar-refractivity contribution < 1.29 is 14.7 Å². The molecule has 2 amide bonds. The van der Waals surface area contributed by atoms with Gasteiger partial charge < -0.3 is 15.3 Å². The Labute approximate surface area is 144 Å². The second-order valence-corrected chi connectivity index (χ2v) is 7.00. The first-order chi connectivity index (χ1) is 11.4. The van der Waals surface area contributed by atoms with Crippen LogP contribution in [0, 0.1) is 25.7 Å². The van der Waals surface area contributed by atoms with Crippen molar-refractivity contribution in [1.29, 1.82) is 0 Å². The molecule has 1 aromatic rings. The van der Waals surface area contributed by atoms with Gasteiger partial charge in [-0.1, -0.05) is 24.1 Å². The number of nitrogens with one attached hydrogen (secondary N) is 1. The maximum Gasteiger partial charge on any atom is 0.253 e. The van der Waals surface area contributed by atoms with Gasteiger partial charge >= 0.3 is 0 Å². The van der Waals surface area contributed by atoms with Crippen LogP contribution in [0.15, 0.2) is 18.2 Å². The molecule has 0 aromatic heterocycles. The van der Waals surface area contributed by atoms with Crippen molar-refractivity contribution in [2.45, 2.75) is 33.6 Å². The number of benzene rings is 1. The van der Waals surface area contributed by atoms with Crippen molar-refractivity contribution in [3.63, 3.8) is 0 Å². The van der Waals surface area contributed by atoms with E-state index in [0.717, 1.165) is 24.0 Å². The van der Waals surface area contributed by atoms with E-state index < -0.39 is 0 Å². The smallest absolute Gasteiger partial charge is 0.253 e. The molecule has 132 valence electrons. The lowest BCUT2D eigenvalue weighted by Crippen LogP contribution is -2.46. The van der Waals surface area contributed by atoms with Crippen LogP contribution in [0.3, 0.4) is 0 Å². The molecule has 1 fully saturated rings. The number of hydrogen-bond donors (Lipinski definition) is 2. The average Bonchev–Trinajstić information content (AvgIpc) is 2.57. The molecular weight excluding hydrogens is 304 g/mol. The van der Waals surface area contributed by atoms with Crippen molar-refractivity contribution in [1.82, 2.24) is 10.2 Å². The van der Waals surface area contributed by atoms with Crippen LogP contribution in [0.2, 0.25) is 0 Å². The minimum absolute atomic E-state index is 0.00280. The molecule has 1 heterocycles. The zero-order valence-electron chi connectivity index (χ0n) is 14.8. The fourth-order valence-electron chi connectivity index (χ4n) is 3.14. The van der Waals surface area contributed by atoms with Crippen molar-refractivity contribution in [2.24, 2.45) is 11.8 Å². The maximum absolute atomic E-state index is 12.7. The van der Waals surface area contributed by atoms with Crippen molar-refractivity contribution in [2.75, 3.05) is 26.2 Å². The Morgan fingerprint density at radius 1 is 1.29 bits per heavy atom. The number of amides is 2. The second-order valence-electron chi connectivity index (χ2n) is 7.00. The summed E-state index contributed by atoms with van der Waals surface area (Å²) in [5.41, 5.74) is 2.84. The van der Waals surface area contributed by atoms with Gasteiger partial charge in [0, 0.05) is 31.8 Å². The summed E-state index contributed by atoms with van der Waals surface area (Å²) in [6.45, 7) is 7.54. The maximum atomic E-state index is 12.7. The summed E-state index contributed by atoms with van der Waals surface area (Å²) < 4.78 is 0. The molecule has 1 aromatic carbocycles. The van der Waals surface area contributed by atoms with E-state index >= 15 is 0 Å². The lowest BCUT2D eigenvalue weighted by Gasteiger charge is -2.32. The van der Waals surface area contributed by atoms with Gasteiger partial charge in [-0.3, -0.25) is 9.59 Å². The second kappa shape index (κ2) is 8.29. The van der Waals surface area contributed by atoms with E-state index in [-0.39, 0.29) is 30.3 Å². The van der Waals surface area contributed by atoms with Crippen LogP contribution in [0.25, 0.3) is 0 Å². The van der Waals surface area contributed by atoms with Gasteiger partial charge in [0.15, 0.2) is 0 Å². The van der Waals surface area contributed by atoms with Gasteiger partial charge in [0.2, 0.25) is 5.91 Å². The third-order valence-corrected chi connectivity index (χ3v) is 4.48. The number of rotatable bonds is 5. The predicted molar refractivity (Wildman–Crippen MR) is 93.8 cm³/mol. The topological polar surface area (TPSA) is 69.6 Å². The summed E-state index contributed by atoms with van der Waals surface area (Å²) in [7, 11) is 0. The number of aryl methyl sites for hydroxylation is 2. The van der Waals surface area contributed by atoms with E-state index in [2.05, 4.69) is 5.32 Å². The van der Waals surface area contributed by atoms with Gasteiger partial charge in [-0.2, -0.15) is 0 Å². The highest BCUT2D eigenvalue weighted by Crippen LogP contribution is 2.20. The summed E-state index contributed by atoms with van der Waals surface area (Å²) >= 11 is 0. The zero-order chi connectivity index (χ0) is 17.7. The Bertz CT molecular complexity index is 580. The Morgan fingerprint density at radius 2 is 1.96 bits per heavy atom. The normalized spacial score (nSPS) is 19.0. The lowest BCUT2D eigenvalue weighted by atomic mass is 9.96. The van der Waals surface area contributed by atoms with Crippen LogP contribution in [0.5, 0.6) is 0 Å². The summed E-state index contributed by atoms with van der Waals surface area (Å²) in [4.78, 5) is 26.8. The molecule has 24 heavy (non-hydrogen) atoms. The SMILES string of the molecule is Cc1cc(C)cc(C(=O)N2CCCC(C(=O)NCC(C)CO)C2)c1. The highest BCUT2D eigenvalue weighted by molar-refractivity contribution is 5.95. The van der Waals surface area contributed by atoms with Crippen LogP contribution >= 0.6 is 0 Å². The summed E-state index contributed by atoms with van der Waals surface area (Å²) in [5, 5.41) is 11.9. The van der Waals surface area contributed by atoms with Crippen LogP contribution in [-0.2, 0) is 4.79 Å². The van der Waals surface area contributed by atoms with Crippen LogP contribution in [0.1, 0.15) is 41.3 Å². The minimum atomic E-state index is -0.167. The molecule has 0 aliphatic carbocycles. The van der Waals surface area contributed by atoms with Crippen molar-refractivity contribution in [3.8, 4) is 0 Å². The number of likely N-dealkylation sites (tertiary alicyclic amines) is 1. The van der Waals surface area contributed by atoms with Crippen LogP contribution in [0.4, 0.5) is 0 Å². The molecule has 5 heteroatoms. The number of aliphatic hydroxyl groups excluding tert-OH is 1. The molecule has 2 unspecified atom stereocenters. The molecule has 0 spiro atoms. The first-order valence-corrected chi connectivity index (χ1v) is 8.67. The number of carbonyl (C=O) groups is 2. The monoisotopic (exact) mass is 332 g/mol. The van der Waals surface area contributed by atoms with E-state index in [4.69, 9.17) is 5.11 Å². The number of piperidine rings is 1. The molecule has 0 saturated carbocycles. The molecule has 1 saturated heterocycles. The molecule has 0 bridgehead atoms. The van der Waals surface area contributed by atoms with E-state index in [1.54, 1.807) is 4.90 Å². The first kappa shape index (κ1) is 18.5. The highest BCUT2D eigenvalue weighted by Gasteiger charge is 2.29. The minimum Gasteiger partial charge on any atom is -0.396 e. The Balaban J connectivity index is 1.99. The summed E-state index contributed by atoms with van der Waals surface area (Å²) in [6.07, 6.45) is 1.64. The number of hydrogen-bond acceptors (Lipinski definition) is 3. The molecular formula is C19H28N2O3. The van der Waals surface area contributed by atoms with E-state index in [0.29, 0.717) is 25.2 Å². The summed E-state index contributed by atoms with van der Waals surface area (Å²) in [5.74, 6) is -0.138.